The van der Waals surface area contributed by atoms with Crippen LogP contribution in [0.4, 0.5) is 5.13 Å². The molecular weight excluding hydrogens is 280 g/mol. The first-order valence-corrected chi connectivity index (χ1v) is 8.06. The van der Waals surface area contributed by atoms with Gasteiger partial charge in [-0.25, -0.2) is 4.98 Å². The molecular formula is C16H20N4S. The number of thiazole rings is 1. The van der Waals surface area contributed by atoms with Crippen LogP contribution in [0.2, 0.25) is 0 Å². The Balaban J connectivity index is 1.57. The summed E-state index contributed by atoms with van der Waals surface area (Å²) in [4.78, 5) is 4.66. The second-order valence-corrected chi connectivity index (χ2v) is 6.40. The summed E-state index contributed by atoms with van der Waals surface area (Å²) in [5.41, 5.74) is 4.66. The zero-order chi connectivity index (χ0) is 14.8. The minimum absolute atomic E-state index is 0.914. The van der Waals surface area contributed by atoms with Crippen molar-refractivity contribution in [2.75, 3.05) is 11.9 Å². The third-order valence-corrected chi connectivity index (χ3v) is 4.53. The number of aryl methyl sites for hydroxylation is 4. The molecule has 0 aliphatic rings. The average Bonchev–Trinajstić information content (AvgIpc) is 2.99. The van der Waals surface area contributed by atoms with E-state index in [-0.39, 0.29) is 0 Å². The Labute approximate surface area is 128 Å². The molecule has 110 valence electrons. The number of fused-ring (bicyclic) bond motifs is 1. The van der Waals surface area contributed by atoms with Gasteiger partial charge in [0.15, 0.2) is 5.13 Å². The fourth-order valence-corrected chi connectivity index (χ4v) is 3.46. The fourth-order valence-electron chi connectivity index (χ4n) is 2.49. The SMILES string of the molecule is Cc1cc(C)n(CCCNc2nc3c(C)cccc3s2)n1. The highest BCUT2D eigenvalue weighted by Crippen LogP contribution is 2.27. The van der Waals surface area contributed by atoms with Crippen molar-refractivity contribution in [2.45, 2.75) is 33.7 Å². The number of rotatable bonds is 5. The lowest BCUT2D eigenvalue weighted by Gasteiger charge is -2.05. The highest BCUT2D eigenvalue weighted by atomic mass is 32.1. The van der Waals surface area contributed by atoms with E-state index in [2.05, 4.69) is 58.2 Å². The molecule has 3 rings (SSSR count). The van der Waals surface area contributed by atoms with Crippen LogP contribution in [-0.2, 0) is 6.54 Å². The Kier molecular flexibility index (Phi) is 3.92. The molecule has 3 aromatic rings. The second-order valence-electron chi connectivity index (χ2n) is 5.37. The predicted molar refractivity (Wildman–Crippen MR) is 89.2 cm³/mol. The third kappa shape index (κ3) is 3.08. The fraction of sp³-hybridized carbons (Fsp3) is 0.375. The van der Waals surface area contributed by atoms with E-state index in [1.807, 2.05) is 6.92 Å². The Hall–Kier alpha value is -1.88. The molecule has 0 saturated heterocycles. The van der Waals surface area contributed by atoms with Crippen molar-refractivity contribution in [1.29, 1.82) is 0 Å². The number of nitrogens with zero attached hydrogens (tertiary/aromatic N) is 3. The Morgan fingerprint density at radius 1 is 1.24 bits per heavy atom. The summed E-state index contributed by atoms with van der Waals surface area (Å²) < 4.78 is 3.32. The molecule has 5 heteroatoms. The lowest BCUT2D eigenvalue weighted by Crippen LogP contribution is -2.08. The van der Waals surface area contributed by atoms with Crippen molar-refractivity contribution in [1.82, 2.24) is 14.8 Å². The van der Waals surface area contributed by atoms with Gasteiger partial charge in [-0.3, -0.25) is 4.68 Å². The highest BCUT2D eigenvalue weighted by Gasteiger charge is 2.05. The predicted octanol–water partition coefficient (Wildman–Crippen LogP) is 3.92. The zero-order valence-corrected chi connectivity index (χ0v) is 13.5. The summed E-state index contributed by atoms with van der Waals surface area (Å²) >= 11 is 1.72. The van der Waals surface area contributed by atoms with Crippen LogP contribution in [0.25, 0.3) is 10.2 Å². The first-order chi connectivity index (χ1) is 10.1. The van der Waals surface area contributed by atoms with Crippen molar-refractivity contribution in [3.05, 3.63) is 41.2 Å². The smallest absolute Gasteiger partial charge is 0.183 e. The number of hydrogen-bond acceptors (Lipinski definition) is 4. The van der Waals surface area contributed by atoms with Crippen molar-refractivity contribution < 1.29 is 0 Å². The molecule has 1 aromatic carbocycles. The van der Waals surface area contributed by atoms with Gasteiger partial charge in [0, 0.05) is 18.8 Å². The number of benzene rings is 1. The molecule has 2 heterocycles. The normalized spacial score (nSPS) is 11.2. The van der Waals surface area contributed by atoms with Crippen molar-refractivity contribution >= 4 is 26.7 Å². The molecule has 0 unspecified atom stereocenters. The van der Waals surface area contributed by atoms with E-state index in [0.717, 1.165) is 35.9 Å². The Morgan fingerprint density at radius 3 is 2.81 bits per heavy atom. The average molecular weight is 300 g/mol. The lowest BCUT2D eigenvalue weighted by molar-refractivity contribution is 0.573. The molecule has 0 aliphatic heterocycles. The molecule has 1 N–H and O–H groups in total. The van der Waals surface area contributed by atoms with Gasteiger partial charge in [0.05, 0.1) is 15.9 Å². The third-order valence-electron chi connectivity index (χ3n) is 3.55. The summed E-state index contributed by atoms with van der Waals surface area (Å²) in [5, 5.41) is 8.91. The van der Waals surface area contributed by atoms with Gasteiger partial charge >= 0.3 is 0 Å². The monoisotopic (exact) mass is 300 g/mol. The van der Waals surface area contributed by atoms with Crippen LogP contribution >= 0.6 is 11.3 Å². The summed E-state index contributed by atoms with van der Waals surface area (Å²) in [6.45, 7) is 8.09. The van der Waals surface area contributed by atoms with Crippen LogP contribution in [0, 0.1) is 20.8 Å². The molecule has 0 spiro atoms. The number of nitrogens with one attached hydrogen (secondary N) is 1. The van der Waals surface area contributed by atoms with Gasteiger partial charge in [0.1, 0.15) is 0 Å². The minimum Gasteiger partial charge on any atom is -0.361 e. The summed E-state index contributed by atoms with van der Waals surface area (Å²) in [5.74, 6) is 0. The van der Waals surface area contributed by atoms with Crippen LogP contribution in [0.3, 0.4) is 0 Å². The van der Waals surface area contributed by atoms with Gasteiger partial charge in [0.2, 0.25) is 0 Å². The minimum atomic E-state index is 0.914. The molecule has 4 nitrogen and oxygen atoms in total. The van der Waals surface area contributed by atoms with Gasteiger partial charge in [0.25, 0.3) is 0 Å². The summed E-state index contributed by atoms with van der Waals surface area (Å²) in [6.07, 6.45) is 1.04. The number of hydrogen-bond donors (Lipinski definition) is 1. The topological polar surface area (TPSA) is 42.7 Å². The maximum absolute atomic E-state index is 4.66. The standard InChI is InChI=1S/C16H20N4S/c1-11-6-4-7-14-15(11)18-16(21-14)17-8-5-9-20-13(3)10-12(2)19-20/h4,6-7,10H,5,8-9H2,1-3H3,(H,17,18). The molecule has 2 aromatic heterocycles. The van der Waals surface area contributed by atoms with Crippen LogP contribution in [-0.4, -0.2) is 21.3 Å². The Morgan fingerprint density at radius 2 is 2.10 bits per heavy atom. The molecule has 0 atom stereocenters. The van der Waals surface area contributed by atoms with Gasteiger partial charge in [-0.15, -0.1) is 0 Å². The summed E-state index contributed by atoms with van der Waals surface area (Å²) in [7, 11) is 0. The van der Waals surface area contributed by atoms with E-state index >= 15 is 0 Å². The molecule has 0 fully saturated rings. The highest BCUT2D eigenvalue weighted by molar-refractivity contribution is 7.22. The van der Waals surface area contributed by atoms with Crippen molar-refractivity contribution in [3.8, 4) is 0 Å². The number of para-hydroxylation sites is 1. The maximum Gasteiger partial charge on any atom is 0.183 e. The molecule has 0 amide bonds. The molecule has 0 aliphatic carbocycles. The van der Waals surface area contributed by atoms with Crippen LogP contribution in [0.1, 0.15) is 23.4 Å². The largest absolute Gasteiger partial charge is 0.361 e. The van der Waals surface area contributed by atoms with Crippen LogP contribution in [0.5, 0.6) is 0 Å². The molecule has 0 bridgehead atoms. The van der Waals surface area contributed by atoms with E-state index in [4.69, 9.17) is 0 Å². The van der Waals surface area contributed by atoms with Gasteiger partial charge < -0.3 is 5.32 Å². The van der Waals surface area contributed by atoms with Crippen molar-refractivity contribution in [3.63, 3.8) is 0 Å². The van der Waals surface area contributed by atoms with E-state index in [9.17, 15) is 0 Å². The molecule has 0 radical (unpaired) electrons. The first-order valence-electron chi connectivity index (χ1n) is 7.24. The lowest BCUT2D eigenvalue weighted by atomic mass is 10.2. The van der Waals surface area contributed by atoms with E-state index < -0.39 is 0 Å². The number of anilines is 1. The van der Waals surface area contributed by atoms with E-state index in [0.29, 0.717) is 0 Å². The first kappa shape index (κ1) is 14.1. The molecule has 0 saturated carbocycles. The second kappa shape index (κ2) is 5.85. The van der Waals surface area contributed by atoms with Crippen LogP contribution < -0.4 is 5.32 Å². The number of aromatic nitrogens is 3. The summed E-state index contributed by atoms with van der Waals surface area (Å²) in [6, 6.07) is 8.43. The maximum atomic E-state index is 4.66. The zero-order valence-electron chi connectivity index (χ0n) is 12.7. The molecule has 21 heavy (non-hydrogen) atoms. The van der Waals surface area contributed by atoms with E-state index in [1.54, 1.807) is 11.3 Å². The van der Waals surface area contributed by atoms with Crippen LogP contribution in [0.15, 0.2) is 24.3 Å². The van der Waals surface area contributed by atoms with Crippen molar-refractivity contribution in [2.24, 2.45) is 0 Å². The Bertz CT molecular complexity index is 757. The van der Waals surface area contributed by atoms with E-state index in [1.165, 1.54) is 16.0 Å². The van der Waals surface area contributed by atoms with Gasteiger partial charge in [-0.05, 0) is 44.9 Å². The van der Waals surface area contributed by atoms with Gasteiger partial charge in [-0.1, -0.05) is 23.5 Å². The van der Waals surface area contributed by atoms with Gasteiger partial charge in [-0.2, -0.15) is 5.10 Å². The quantitative estimate of drug-likeness (QED) is 0.726.